The number of aromatic nitrogens is 2. The van der Waals surface area contributed by atoms with Gasteiger partial charge in [0.15, 0.2) is 0 Å². The zero-order valence-corrected chi connectivity index (χ0v) is 13.6. The molecule has 0 aliphatic heterocycles. The largest absolute Gasteiger partial charge is 0.487 e. The average Bonchev–Trinajstić information content (AvgIpc) is 2.81. The lowest BCUT2D eigenvalue weighted by Gasteiger charge is -2.14. The Hall–Kier alpha value is -1.33. The van der Waals surface area contributed by atoms with Crippen molar-refractivity contribution >= 4 is 15.9 Å². The van der Waals surface area contributed by atoms with E-state index in [-0.39, 0.29) is 0 Å². The summed E-state index contributed by atoms with van der Waals surface area (Å²) in [6.07, 6.45) is 3.78. The van der Waals surface area contributed by atoms with Gasteiger partial charge >= 0.3 is 0 Å². The van der Waals surface area contributed by atoms with Gasteiger partial charge in [0.2, 0.25) is 0 Å². The zero-order valence-electron chi connectivity index (χ0n) is 12.1. The van der Waals surface area contributed by atoms with Crippen LogP contribution in [-0.2, 0) is 20.2 Å². The number of nitrogens with one attached hydrogen (secondary N) is 1. The Morgan fingerprint density at radius 3 is 2.85 bits per heavy atom. The number of para-hydroxylation sites is 1. The van der Waals surface area contributed by atoms with Crippen LogP contribution in [0.1, 0.15) is 25.0 Å². The van der Waals surface area contributed by atoms with E-state index >= 15 is 0 Å². The summed E-state index contributed by atoms with van der Waals surface area (Å²) in [6, 6.07) is 6.55. The van der Waals surface area contributed by atoms with E-state index in [1.54, 1.807) is 4.68 Å². The lowest BCUT2D eigenvalue weighted by atomic mass is 10.2. The van der Waals surface area contributed by atoms with Gasteiger partial charge in [-0.25, -0.2) is 0 Å². The Balaban J connectivity index is 2.08. The summed E-state index contributed by atoms with van der Waals surface area (Å²) in [6.45, 7) is 5.58. The Morgan fingerprint density at radius 2 is 2.20 bits per heavy atom. The summed E-state index contributed by atoms with van der Waals surface area (Å²) < 4.78 is 8.71. The minimum atomic E-state index is 0.445. The molecule has 20 heavy (non-hydrogen) atoms. The fraction of sp³-hybridized carbons (Fsp3) is 0.400. The first-order valence-electron chi connectivity index (χ1n) is 6.67. The summed E-state index contributed by atoms with van der Waals surface area (Å²) in [7, 11) is 1.90. The molecule has 0 bridgehead atoms. The molecule has 1 heterocycles. The van der Waals surface area contributed by atoms with Gasteiger partial charge in [-0.2, -0.15) is 5.10 Å². The number of hydrogen-bond donors (Lipinski definition) is 1. The summed E-state index contributed by atoms with van der Waals surface area (Å²) in [4.78, 5) is 0. The molecule has 0 atom stereocenters. The molecule has 0 saturated carbocycles. The van der Waals surface area contributed by atoms with Crippen molar-refractivity contribution in [3.05, 3.63) is 46.2 Å². The van der Waals surface area contributed by atoms with Gasteiger partial charge in [-0.05, 0) is 22.0 Å². The summed E-state index contributed by atoms with van der Waals surface area (Å²) in [5.74, 6) is 0.893. The Labute approximate surface area is 128 Å². The molecule has 0 unspecified atom stereocenters. The van der Waals surface area contributed by atoms with E-state index in [1.807, 2.05) is 31.6 Å². The van der Waals surface area contributed by atoms with Gasteiger partial charge in [-0.3, -0.25) is 4.68 Å². The van der Waals surface area contributed by atoms with Crippen LogP contribution >= 0.6 is 15.9 Å². The van der Waals surface area contributed by atoms with Gasteiger partial charge in [0.25, 0.3) is 0 Å². The van der Waals surface area contributed by atoms with E-state index < -0.39 is 0 Å². The lowest BCUT2D eigenvalue weighted by Crippen LogP contribution is -2.22. The highest BCUT2D eigenvalue weighted by Crippen LogP contribution is 2.29. The van der Waals surface area contributed by atoms with Gasteiger partial charge < -0.3 is 10.1 Å². The fourth-order valence-electron chi connectivity index (χ4n) is 1.87. The minimum Gasteiger partial charge on any atom is -0.487 e. The molecule has 0 aliphatic carbocycles. The van der Waals surface area contributed by atoms with Crippen LogP contribution in [0.2, 0.25) is 0 Å². The maximum absolute atomic E-state index is 5.96. The highest BCUT2D eigenvalue weighted by molar-refractivity contribution is 9.10. The molecule has 0 fully saturated rings. The van der Waals surface area contributed by atoms with Crippen LogP contribution in [0, 0.1) is 0 Å². The maximum atomic E-state index is 5.96. The van der Waals surface area contributed by atoms with Crippen molar-refractivity contribution in [1.29, 1.82) is 0 Å². The number of benzene rings is 1. The normalized spacial score (nSPS) is 11.1. The first-order chi connectivity index (χ1) is 9.56. The third kappa shape index (κ3) is 4.08. The topological polar surface area (TPSA) is 39.1 Å². The molecule has 5 heteroatoms. The monoisotopic (exact) mass is 337 g/mol. The van der Waals surface area contributed by atoms with Crippen molar-refractivity contribution in [2.75, 3.05) is 0 Å². The van der Waals surface area contributed by atoms with Gasteiger partial charge in [-0.15, -0.1) is 0 Å². The second kappa shape index (κ2) is 6.90. The molecular weight excluding hydrogens is 318 g/mol. The molecule has 1 aromatic carbocycles. The Kier molecular flexibility index (Phi) is 5.20. The van der Waals surface area contributed by atoms with Crippen LogP contribution in [0.25, 0.3) is 0 Å². The second-order valence-electron chi connectivity index (χ2n) is 5.07. The predicted molar refractivity (Wildman–Crippen MR) is 83.7 cm³/mol. The first-order valence-corrected chi connectivity index (χ1v) is 7.46. The van der Waals surface area contributed by atoms with Crippen molar-refractivity contribution in [2.45, 2.75) is 33.0 Å². The first kappa shape index (κ1) is 15.1. The van der Waals surface area contributed by atoms with Crippen LogP contribution in [0.15, 0.2) is 35.1 Å². The number of hydrogen-bond acceptors (Lipinski definition) is 3. The molecule has 0 saturated heterocycles. The summed E-state index contributed by atoms with van der Waals surface area (Å²) >= 11 is 3.56. The van der Waals surface area contributed by atoms with E-state index in [9.17, 15) is 0 Å². The van der Waals surface area contributed by atoms with Crippen LogP contribution in [0.3, 0.4) is 0 Å². The maximum Gasteiger partial charge on any atom is 0.138 e. The standard InChI is InChI=1S/C15H20BrN3O/c1-11(2)17-8-13-5-4-6-14(16)15(13)20-10-12-7-18-19(3)9-12/h4-7,9,11,17H,8,10H2,1-3H3. The summed E-state index contributed by atoms with van der Waals surface area (Å²) in [5.41, 5.74) is 2.21. The van der Waals surface area contributed by atoms with Crippen molar-refractivity contribution < 1.29 is 4.74 Å². The predicted octanol–water partition coefficient (Wildman–Crippen LogP) is 3.26. The number of ether oxygens (including phenoxy) is 1. The van der Waals surface area contributed by atoms with Crippen molar-refractivity contribution in [1.82, 2.24) is 15.1 Å². The van der Waals surface area contributed by atoms with Gasteiger partial charge in [-0.1, -0.05) is 26.0 Å². The number of halogens is 1. The number of rotatable bonds is 6. The molecule has 2 aromatic rings. The average molecular weight is 338 g/mol. The molecule has 1 N–H and O–H groups in total. The molecule has 0 spiro atoms. The third-order valence-corrected chi connectivity index (χ3v) is 3.52. The quantitative estimate of drug-likeness (QED) is 0.879. The van der Waals surface area contributed by atoms with Gasteiger partial charge in [0.1, 0.15) is 12.4 Å². The molecule has 2 rings (SSSR count). The highest BCUT2D eigenvalue weighted by atomic mass is 79.9. The van der Waals surface area contributed by atoms with E-state index in [0.29, 0.717) is 12.6 Å². The minimum absolute atomic E-state index is 0.445. The highest BCUT2D eigenvalue weighted by Gasteiger charge is 2.09. The number of aryl methyl sites for hydroxylation is 1. The van der Waals surface area contributed by atoms with E-state index in [0.717, 1.165) is 27.9 Å². The van der Waals surface area contributed by atoms with Crippen LogP contribution in [-0.4, -0.2) is 15.8 Å². The smallest absolute Gasteiger partial charge is 0.138 e. The molecule has 0 radical (unpaired) electrons. The Morgan fingerprint density at radius 1 is 1.40 bits per heavy atom. The van der Waals surface area contributed by atoms with Crippen molar-refractivity contribution in [2.24, 2.45) is 7.05 Å². The zero-order chi connectivity index (χ0) is 14.5. The third-order valence-electron chi connectivity index (χ3n) is 2.89. The molecule has 108 valence electrons. The second-order valence-corrected chi connectivity index (χ2v) is 5.93. The van der Waals surface area contributed by atoms with E-state index in [1.165, 1.54) is 0 Å². The van der Waals surface area contributed by atoms with Gasteiger partial charge in [0.05, 0.1) is 10.7 Å². The van der Waals surface area contributed by atoms with Crippen molar-refractivity contribution in [3.63, 3.8) is 0 Å². The number of nitrogens with zero attached hydrogens (tertiary/aromatic N) is 2. The molecule has 0 amide bonds. The SMILES string of the molecule is CC(C)NCc1cccc(Br)c1OCc1cnn(C)c1. The van der Waals surface area contributed by atoms with E-state index in [4.69, 9.17) is 4.74 Å². The molecule has 4 nitrogen and oxygen atoms in total. The fourth-order valence-corrected chi connectivity index (χ4v) is 2.39. The Bertz CT molecular complexity index is 566. The van der Waals surface area contributed by atoms with Crippen LogP contribution in [0.5, 0.6) is 5.75 Å². The molecule has 0 aliphatic rings. The van der Waals surface area contributed by atoms with Crippen molar-refractivity contribution in [3.8, 4) is 5.75 Å². The lowest BCUT2D eigenvalue weighted by molar-refractivity contribution is 0.299. The molecular formula is C15H20BrN3O. The van der Waals surface area contributed by atoms with Crippen LogP contribution in [0.4, 0.5) is 0 Å². The molecule has 1 aromatic heterocycles. The van der Waals surface area contributed by atoms with E-state index in [2.05, 4.69) is 46.3 Å². The van der Waals surface area contributed by atoms with Gasteiger partial charge in [0, 0.05) is 37.0 Å². The summed E-state index contributed by atoms with van der Waals surface area (Å²) in [5, 5.41) is 7.56. The van der Waals surface area contributed by atoms with Crippen LogP contribution < -0.4 is 10.1 Å².